The number of nitrogens with zero attached hydrogens (tertiary/aromatic N) is 1. The van der Waals surface area contributed by atoms with Crippen LogP contribution in [0.4, 0.5) is 17.1 Å². The molecule has 2 amide bonds. The van der Waals surface area contributed by atoms with Crippen molar-refractivity contribution < 1.29 is 24.0 Å². The predicted octanol–water partition coefficient (Wildman–Crippen LogP) is 4.98. The van der Waals surface area contributed by atoms with Crippen molar-refractivity contribution >= 4 is 40.6 Å². The topological polar surface area (TPSA) is 120 Å². The Balaban J connectivity index is 1.58. The second-order valence-corrected chi connectivity index (χ2v) is 8.51. The molecule has 3 aromatic rings. The Morgan fingerprint density at radius 3 is 2.21 bits per heavy atom. The molecule has 34 heavy (non-hydrogen) atoms. The lowest BCUT2D eigenvalue weighted by molar-refractivity contribution is -0.384. The number of amides is 2. The van der Waals surface area contributed by atoms with Gasteiger partial charge in [-0.15, -0.1) is 11.8 Å². The first-order valence-corrected chi connectivity index (χ1v) is 11.0. The highest BCUT2D eigenvalue weighted by molar-refractivity contribution is 8.00. The summed E-state index contributed by atoms with van der Waals surface area (Å²) in [4.78, 5) is 36.1. The van der Waals surface area contributed by atoms with Gasteiger partial charge in [-0.3, -0.25) is 19.7 Å². The number of nitro benzene ring substituents is 1. The van der Waals surface area contributed by atoms with Gasteiger partial charge in [0.2, 0.25) is 5.91 Å². The van der Waals surface area contributed by atoms with Crippen molar-refractivity contribution in [3.8, 4) is 11.5 Å². The fraction of sp³-hybridized carbons (Fsp3) is 0.167. The maximum absolute atomic E-state index is 12.7. The van der Waals surface area contributed by atoms with E-state index in [0.717, 1.165) is 4.90 Å². The standard InChI is InChI=1S/C24H23N3O6S/c1-15(23(28)26-21-13-10-19(32-2)14-22(21)33-3)34-20-11-6-17(7-12-20)25-24(29)16-4-8-18(9-5-16)27(30)31/h4-15H,1-3H3,(H,25,29)(H,26,28). The first-order chi connectivity index (χ1) is 16.3. The minimum absolute atomic E-state index is 0.0819. The summed E-state index contributed by atoms with van der Waals surface area (Å²) in [7, 11) is 3.07. The van der Waals surface area contributed by atoms with E-state index in [-0.39, 0.29) is 17.5 Å². The summed E-state index contributed by atoms with van der Waals surface area (Å²) in [6.07, 6.45) is 0. The van der Waals surface area contributed by atoms with Gasteiger partial charge >= 0.3 is 0 Å². The van der Waals surface area contributed by atoms with E-state index in [2.05, 4.69) is 10.6 Å². The largest absolute Gasteiger partial charge is 0.497 e. The molecule has 0 aromatic heterocycles. The van der Waals surface area contributed by atoms with E-state index in [4.69, 9.17) is 9.47 Å². The summed E-state index contributed by atoms with van der Waals surface area (Å²) in [6.45, 7) is 1.79. The van der Waals surface area contributed by atoms with Crippen LogP contribution in [0.15, 0.2) is 71.6 Å². The fourth-order valence-electron chi connectivity index (χ4n) is 2.95. The zero-order chi connectivity index (χ0) is 24.7. The number of benzene rings is 3. The zero-order valence-electron chi connectivity index (χ0n) is 18.7. The number of thioether (sulfide) groups is 1. The van der Waals surface area contributed by atoms with Crippen molar-refractivity contribution in [3.05, 3.63) is 82.4 Å². The second-order valence-electron chi connectivity index (χ2n) is 7.10. The summed E-state index contributed by atoms with van der Waals surface area (Å²) in [5.41, 5.74) is 1.34. The van der Waals surface area contributed by atoms with Crippen molar-refractivity contribution in [3.63, 3.8) is 0 Å². The number of nitro groups is 1. The van der Waals surface area contributed by atoms with Crippen LogP contribution >= 0.6 is 11.8 Å². The van der Waals surface area contributed by atoms with E-state index in [1.165, 1.54) is 43.1 Å². The number of carbonyl (C=O) groups is 2. The lowest BCUT2D eigenvalue weighted by Crippen LogP contribution is -2.22. The van der Waals surface area contributed by atoms with Crippen LogP contribution in [0.5, 0.6) is 11.5 Å². The molecular weight excluding hydrogens is 458 g/mol. The quantitative estimate of drug-likeness (QED) is 0.251. The molecule has 0 spiro atoms. The van der Waals surface area contributed by atoms with Gasteiger partial charge in [-0.25, -0.2) is 0 Å². The van der Waals surface area contributed by atoms with E-state index in [0.29, 0.717) is 28.4 Å². The maximum Gasteiger partial charge on any atom is 0.269 e. The summed E-state index contributed by atoms with van der Waals surface area (Å²) < 4.78 is 10.5. The van der Waals surface area contributed by atoms with Crippen LogP contribution in [0.25, 0.3) is 0 Å². The Labute approximate surface area is 200 Å². The Morgan fingerprint density at radius 1 is 0.941 bits per heavy atom. The third-order valence-corrected chi connectivity index (χ3v) is 5.91. The van der Waals surface area contributed by atoms with Crippen LogP contribution in [-0.4, -0.2) is 36.2 Å². The molecule has 10 heteroatoms. The van der Waals surface area contributed by atoms with Gasteiger partial charge in [-0.1, -0.05) is 0 Å². The van der Waals surface area contributed by atoms with E-state index < -0.39 is 10.2 Å². The lowest BCUT2D eigenvalue weighted by Gasteiger charge is -2.15. The predicted molar refractivity (Wildman–Crippen MR) is 131 cm³/mol. The van der Waals surface area contributed by atoms with E-state index in [9.17, 15) is 19.7 Å². The molecule has 0 heterocycles. The molecule has 0 aliphatic heterocycles. The summed E-state index contributed by atoms with van der Waals surface area (Å²) in [5.74, 6) is 0.552. The molecule has 0 aliphatic carbocycles. The van der Waals surface area contributed by atoms with Crippen molar-refractivity contribution in [2.75, 3.05) is 24.9 Å². The van der Waals surface area contributed by atoms with Gasteiger partial charge in [0.05, 0.1) is 30.1 Å². The Bertz CT molecular complexity index is 1180. The smallest absolute Gasteiger partial charge is 0.269 e. The van der Waals surface area contributed by atoms with Gasteiger partial charge < -0.3 is 20.1 Å². The van der Waals surface area contributed by atoms with Crippen molar-refractivity contribution in [1.82, 2.24) is 0 Å². The highest BCUT2D eigenvalue weighted by Gasteiger charge is 2.17. The number of rotatable bonds is 9. The number of non-ortho nitro benzene ring substituents is 1. The molecule has 9 nitrogen and oxygen atoms in total. The van der Waals surface area contributed by atoms with Crippen molar-refractivity contribution in [1.29, 1.82) is 0 Å². The third kappa shape index (κ3) is 6.26. The van der Waals surface area contributed by atoms with Crippen LogP contribution in [-0.2, 0) is 4.79 Å². The maximum atomic E-state index is 12.7. The van der Waals surface area contributed by atoms with E-state index in [1.807, 2.05) is 0 Å². The number of nitrogens with one attached hydrogen (secondary N) is 2. The minimum Gasteiger partial charge on any atom is -0.497 e. The number of carbonyl (C=O) groups excluding carboxylic acids is 2. The molecule has 0 radical (unpaired) electrons. The molecule has 2 N–H and O–H groups in total. The average Bonchev–Trinajstić information content (AvgIpc) is 2.85. The minimum atomic E-state index is -0.521. The highest BCUT2D eigenvalue weighted by atomic mass is 32.2. The first-order valence-electron chi connectivity index (χ1n) is 10.2. The molecule has 176 valence electrons. The summed E-state index contributed by atoms with van der Waals surface area (Å²) in [6, 6.07) is 17.6. The molecular formula is C24H23N3O6S. The second kappa shape index (κ2) is 11.2. The Hall–Kier alpha value is -4.05. The number of ether oxygens (including phenoxy) is 2. The number of hydrogen-bond donors (Lipinski definition) is 2. The van der Waals surface area contributed by atoms with Crippen molar-refractivity contribution in [2.24, 2.45) is 0 Å². The van der Waals surface area contributed by atoms with Crippen molar-refractivity contribution in [2.45, 2.75) is 17.1 Å². The number of methoxy groups -OCH3 is 2. The van der Waals surface area contributed by atoms with Gasteiger partial charge in [-0.2, -0.15) is 0 Å². The fourth-order valence-corrected chi connectivity index (χ4v) is 3.82. The monoisotopic (exact) mass is 481 g/mol. The van der Waals surface area contributed by atoms with Crippen LogP contribution in [0.1, 0.15) is 17.3 Å². The molecule has 0 saturated carbocycles. The molecule has 0 fully saturated rings. The van der Waals surface area contributed by atoms with Gasteiger partial charge in [0.25, 0.3) is 11.6 Å². The molecule has 0 aliphatic rings. The van der Waals surface area contributed by atoms with Crippen LogP contribution in [0.2, 0.25) is 0 Å². The normalized spacial score (nSPS) is 11.3. The Kier molecular flexibility index (Phi) is 8.10. The summed E-state index contributed by atoms with van der Waals surface area (Å²) in [5, 5.41) is 15.9. The SMILES string of the molecule is COc1ccc(NC(=O)C(C)Sc2ccc(NC(=O)c3ccc([N+](=O)[O-])cc3)cc2)c(OC)c1. The van der Waals surface area contributed by atoms with Crippen LogP contribution < -0.4 is 20.1 Å². The lowest BCUT2D eigenvalue weighted by atomic mass is 10.2. The van der Waals surface area contributed by atoms with E-state index >= 15 is 0 Å². The molecule has 1 unspecified atom stereocenters. The first kappa shape index (κ1) is 24.6. The van der Waals surface area contributed by atoms with Crippen LogP contribution in [0.3, 0.4) is 0 Å². The molecule has 3 rings (SSSR count). The van der Waals surface area contributed by atoms with Gasteiger partial charge in [0.1, 0.15) is 11.5 Å². The van der Waals surface area contributed by atoms with Gasteiger partial charge in [0.15, 0.2) is 0 Å². The molecule has 0 saturated heterocycles. The molecule has 1 atom stereocenters. The third-order valence-electron chi connectivity index (χ3n) is 4.80. The van der Waals surface area contributed by atoms with Gasteiger partial charge in [0, 0.05) is 34.3 Å². The van der Waals surface area contributed by atoms with Gasteiger partial charge in [-0.05, 0) is 55.5 Å². The zero-order valence-corrected chi connectivity index (χ0v) is 19.5. The van der Waals surface area contributed by atoms with E-state index in [1.54, 1.807) is 56.5 Å². The summed E-state index contributed by atoms with van der Waals surface area (Å²) >= 11 is 1.37. The molecule has 3 aromatic carbocycles. The number of anilines is 2. The highest BCUT2D eigenvalue weighted by Crippen LogP contribution is 2.31. The average molecular weight is 482 g/mol. The van der Waals surface area contributed by atoms with Crippen LogP contribution in [0, 0.1) is 10.1 Å². The molecule has 0 bridgehead atoms. The number of hydrogen-bond acceptors (Lipinski definition) is 7. The Morgan fingerprint density at radius 2 is 1.62 bits per heavy atom.